The van der Waals surface area contributed by atoms with Crippen molar-refractivity contribution in [2.45, 2.75) is 33.4 Å². The summed E-state index contributed by atoms with van der Waals surface area (Å²) in [6.45, 7) is 6.95. The van der Waals surface area contributed by atoms with E-state index in [9.17, 15) is 4.79 Å². The number of amides is 2. The second-order valence-corrected chi connectivity index (χ2v) is 7.16. The lowest BCUT2D eigenvalue weighted by atomic mass is 9.86. The van der Waals surface area contributed by atoms with Crippen molar-refractivity contribution in [3.05, 3.63) is 55.6 Å². The van der Waals surface area contributed by atoms with Crippen LogP contribution >= 0.6 is 0 Å². The Kier molecular flexibility index (Phi) is 5.01. The molecule has 0 spiro atoms. The number of rotatable bonds is 5. The maximum absolute atomic E-state index is 12.4. The molecule has 2 aromatic heterocycles. The highest BCUT2D eigenvalue weighted by atomic mass is 16.2. The van der Waals surface area contributed by atoms with Crippen LogP contribution in [0.1, 0.15) is 20.8 Å². The highest BCUT2D eigenvalue weighted by Crippen LogP contribution is 2.21. The molecule has 0 fully saturated rings. The maximum Gasteiger partial charge on any atom is 0.319 e. The first-order chi connectivity index (χ1) is 12.4. The van der Waals surface area contributed by atoms with Crippen molar-refractivity contribution in [2.24, 2.45) is 5.41 Å². The monoisotopic (exact) mass is 353 g/mol. The number of imidazole rings is 1. The number of benzene rings is 1. The van der Waals surface area contributed by atoms with Crippen molar-refractivity contribution in [3.63, 3.8) is 0 Å². The Bertz CT molecular complexity index is 818. The second-order valence-electron chi connectivity index (χ2n) is 7.16. The first kappa shape index (κ1) is 17.7. The van der Waals surface area contributed by atoms with Crippen LogP contribution in [0, 0.1) is 5.41 Å². The number of hydrogen-bond acceptors (Lipinski definition) is 4. The van der Waals surface area contributed by atoms with Crippen LogP contribution in [0.2, 0.25) is 0 Å². The van der Waals surface area contributed by atoms with Crippen LogP contribution in [0.25, 0.3) is 5.69 Å². The van der Waals surface area contributed by atoms with E-state index in [2.05, 4.69) is 46.5 Å². The Morgan fingerprint density at radius 1 is 1.15 bits per heavy atom. The highest BCUT2D eigenvalue weighted by molar-refractivity contribution is 5.89. The zero-order chi connectivity index (χ0) is 18.6. The summed E-state index contributed by atoms with van der Waals surface area (Å²) < 4.78 is 3.62. The lowest BCUT2D eigenvalue weighted by Gasteiger charge is -2.31. The molecule has 3 rings (SSSR count). The molecule has 0 aliphatic carbocycles. The Hall–Kier alpha value is -3.16. The van der Waals surface area contributed by atoms with Gasteiger partial charge in [0.2, 0.25) is 0 Å². The molecule has 0 aliphatic rings. The topological polar surface area (TPSA) is 89.7 Å². The zero-order valence-electron chi connectivity index (χ0n) is 15.1. The van der Waals surface area contributed by atoms with Crippen LogP contribution in [-0.4, -0.2) is 36.4 Å². The van der Waals surface area contributed by atoms with Crippen molar-refractivity contribution in [1.82, 2.24) is 29.6 Å². The van der Waals surface area contributed by atoms with E-state index in [4.69, 9.17) is 0 Å². The van der Waals surface area contributed by atoms with Gasteiger partial charge in [-0.25, -0.2) is 19.4 Å². The van der Waals surface area contributed by atoms with Crippen LogP contribution in [0.5, 0.6) is 0 Å². The molecule has 26 heavy (non-hydrogen) atoms. The molecule has 8 nitrogen and oxygen atoms in total. The molecule has 0 radical (unpaired) electrons. The summed E-state index contributed by atoms with van der Waals surface area (Å²) in [5.41, 5.74) is 1.49. The standard InChI is InChI=1S/C18H23N7O/c1-18(2,3)16(10-24-9-8-19-12-24)23-17(26)22-14-4-6-15(7-5-14)25-13-20-11-21-25/h4-9,11-13,16H,10H2,1-3H3,(H2,22,23,26). The van der Waals surface area contributed by atoms with Crippen molar-refractivity contribution >= 4 is 11.7 Å². The number of carbonyl (C=O) groups excluding carboxylic acids is 1. The Morgan fingerprint density at radius 2 is 1.92 bits per heavy atom. The van der Waals surface area contributed by atoms with Gasteiger partial charge in [0, 0.05) is 24.6 Å². The summed E-state index contributed by atoms with van der Waals surface area (Å²) in [6.07, 6.45) is 8.48. The summed E-state index contributed by atoms with van der Waals surface area (Å²) in [5.74, 6) is 0. The molecule has 2 N–H and O–H groups in total. The predicted molar refractivity (Wildman–Crippen MR) is 99.0 cm³/mol. The molecule has 8 heteroatoms. The van der Waals surface area contributed by atoms with Gasteiger partial charge in [0.1, 0.15) is 12.7 Å². The van der Waals surface area contributed by atoms with Crippen molar-refractivity contribution < 1.29 is 4.79 Å². The van der Waals surface area contributed by atoms with E-state index in [1.807, 2.05) is 35.0 Å². The first-order valence-electron chi connectivity index (χ1n) is 8.40. The Labute approximate surface area is 152 Å². The van der Waals surface area contributed by atoms with Gasteiger partial charge < -0.3 is 15.2 Å². The number of urea groups is 1. The molecule has 136 valence electrons. The van der Waals surface area contributed by atoms with Gasteiger partial charge in [-0.2, -0.15) is 5.10 Å². The summed E-state index contributed by atoms with van der Waals surface area (Å²) >= 11 is 0. The van der Waals surface area contributed by atoms with Crippen LogP contribution in [0.4, 0.5) is 10.5 Å². The third-order valence-corrected chi connectivity index (χ3v) is 4.11. The van der Waals surface area contributed by atoms with E-state index in [0.29, 0.717) is 12.2 Å². The maximum atomic E-state index is 12.4. The number of anilines is 1. The summed E-state index contributed by atoms with van der Waals surface area (Å²) in [4.78, 5) is 20.4. The molecule has 3 aromatic rings. The second kappa shape index (κ2) is 7.38. The zero-order valence-corrected chi connectivity index (χ0v) is 15.1. The fraction of sp³-hybridized carbons (Fsp3) is 0.333. The molecule has 0 aliphatic heterocycles. The number of nitrogens with zero attached hydrogens (tertiary/aromatic N) is 5. The Balaban J connectivity index is 1.62. The van der Waals surface area contributed by atoms with E-state index in [1.165, 1.54) is 6.33 Å². The number of hydrogen-bond donors (Lipinski definition) is 2. The number of carbonyl (C=O) groups is 1. The van der Waals surface area contributed by atoms with Crippen molar-refractivity contribution in [2.75, 3.05) is 5.32 Å². The van der Waals surface area contributed by atoms with E-state index < -0.39 is 0 Å². The SMILES string of the molecule is CC(C)(C)C(Cn1ccnc1)NC(=O)Nc1ccc(-n2cncn2)cc1. The molecule has 1 aromatic carbocycles. The van der Waals surface area contributed by atoms with Gasteiger partial charge in [0.25, 0.3) is 0 Å². The molecule has 0 saturated carbocycles. The van der Waals surface area contributed by atoms with Crippen molar-refractivity contribution in [3.8, 4) is 5.69 Å². The lowest BCUT2D eigenvalue weighted by molar-refractivity contribution is 0.219. The van der Waals surface area contributed by atoms with Gasteiger partial charge in [0.15, 0.2) is 0 Å². The van der Waals surface area contributed by atoms with Gasteiger partial charge in [-0.05, 0) is 29.7 Å². The molecule has 1 unspecified atom stereocenters. The third kappa shape index (κ3) is 4.47. The molecular weight excluding hydrogens is 330 g/mol. The van der Waals surface area contributed by atoms with Crippen LogP contribution < -0.4 is 10.6 Å². The third-order valence-electron chi connectivity index (χ3n) is 4.11. The normalized spacial score (nSPS) is 12.6. The van der Waals surface area contributed by atoms with Gasteiger partial charge in [-0.1, -0.05) is 20.8 Å². The highest BCUT2D eigenvalue weighted by Gasteiger charge is 2.26. The smallest absolute Gasteiger partial charge is 0.319 e. The van der Waals surface area contributed by atoms with Gasteiger partial charge in [-0.15, -0.1) is 0 Å². The van der Waals surface area contributed by atoms with E-state index in [1.54, 1.807) is 23.5 Å². The van der Waals surface area contributed by atoms with E-state index >= 15 is 0 Å². The number of aromatic nitrogens is 5. The summed E-state index contributed by atoms with van der Waals surface area (Å²) in [5, 5.41) is 10.0. The summed E-state index contributed by atoms with van der Waals surface area (Å²) in [7, 11) is 0. The molecule has 2 amide bonds. The number of nitrogens with one attached hydrogen (secondary N) is 2. The summed E-state index contributed by atoms with van der Waals surface area (Å²) in [6, 6.07) is 7.12. The average molecular weight is 353 g/mol. The quantitative estimate of drug-likeness (QED) is 0.738. The van der Waals surface area contributed by atoms with Crippen LogP contribution in [-0.2, 0) is 6.54 Å². The van der Waals surface area contributed by atoms with Gasteiger partial charge >= 0.3 is 6.03 Å². The largest absolute Gasteiger partial charge is 0.335 e. The van der Waals surface area contributed by atoms with E-state index in [0.717, 1.165) is 5.69 Å². The van der Waals surface area contributed by atoms with Crippen molar-refractivity contribution in [1.29, 1.82) is 0 Å². The fourth-order valence-corrected chi connectivity index (χ4v) is 2.51. The van der Waals surface area contributed by atoms with Gasteiger partial charge in [0.05, 0.1) is 18.1 Å². The molecule has 0 bridgehead atoms. The average Bonchev–Trinajstić information content (AvgIpc) is 3.28. The Morgan fingerprint density at radius 3 is 2.50 bits per heavy atom. The fourth-order valence-electron chi connectivity index (χ4n) is 2.51. The minimum atomic E-state index is -0.237. The molecule has 1 atom stereocenters. The van der Waals surface area contributed by atoms with Crippen LogP contribution in [0.3, 0.4) is 0 Å². The lowest BCUT2D eigenvalue weighted by Crippen LogP contribution is -2.47. The van der Waals surface area contributed by atoms with Crippen LogP contribution in [0.15, 0.2) is 55.6 Å². The van der Waals surface area contributed by atoms with Gasteiger partial charge in [-0.3, -0.25) is 0 Å². The van der Waals surface area contributed by atoms with E-state index in [-0.39, 0.29) is 17.5 Å². The molecule has 0 saturated heterocycles. The predicted octanol–water partition coefficient (Wildman–Crippen LogP) is 2.70. The molecule has 2 heterocycles. The minimum Gasteiger partial charge on any atom is -0.335 e. The molecular formula is C18H23N7O. The first-order valence-corrected chi connectivity index (χ1v) is 8.40. The minimum absolute atomic E-state index is 0.0499.